The number of nitrogens with one attached hydrogen (secondary N) is 4. The highest BCUT2D eigenvalue weighted by Gasteiger charge is 2.30. The van der Waals surface area contributed by atoms with Crippen LogP contribution in [0.15, 0.2) is 48.5 Å². The maximum atomic E-state index is 13.8. The lowest BCUT2D eigenvalue weighted by Crippen LogP contribution is -2.48. The molecule has 1 aromatic heterocycles. The van der Waals surface area contributed by atoms with Crippen molar-refractivity contribution in [2.45, 2.75) is 97.8 Å². The molecule has 2 aromatic carbocycles. The maximum absolute atomic E-state index is 13.8. The number of carbonyl (C=O) groups is 5. The number of ether oxygens (including phenoxy) is 2. The summed E-state index contributed by atoms with van der Waals surface area (Å²) in [5.74, 6) is -1.26. The van der Waals surface area contributed by atoms with Gasteiger partial charge in [-0.1, -0.05) is 12.1 Å². The summed E-state index contributed by atoms with van der Waals surface area (Å²) in [5.41, 5.74) is 1.74. The van der Waals surface area contributed by atoms with Crippen LogP contribution in [0.3, 0.4) is 0 Å². The Hall–Kier alpha value is -4.87. The average Bonchev–Trinajstić information content (AvgIpc) is 3.46. The van der Waals surface area contributed by atoms with Crippen LogP contribution in [-0.4, -0.2) is 65.6 Å². The van der Waals surface area contributed by atoms with Crippen LogP contribution in [0.25, 0.3) is 10.9 Å². The highest BCUT2D eigenvalue weighted by atomic mass is 16.6. The number of benzene rings is 2. The number of anilines is 2. The molecule has 1 aliphatic rings. The topological polar surface area (TPSA) is 159 Å². The van der Waals surface area contributed by atoms with Crippen molar-refractivity contribution in [3.8, 4) is 0 Å². The standard InChI is InChI=1S/C38H51N5O7/c1-23(44)43(8)29-11-9-10-25(18-29)19-31(42-33(45)26-14-12-24(13-15-26)22-39-36(48)50-38(5,6)7)34(46)40-28-16-17-30-27(20-28)21-32(41-30)35(47)49-37(2,3)4/h9-11,16-18,20-21,24,26,31,41H,12-15,19,22H2,1-8H3,(H,39,48)(H,40,46)(H,42,45). The van der Waals surface area contributed by atoms with E-state index in [0.717, 1.165) is 18.4 Å². The Labute approximate surface area is 294 Å². The molecule has 12 nitrogen and oxygen atoms in total. The first-order chi connectivity index (χ1) is 23.4. The molecule has 1 atom stereocenters. The van der Waals surface area contributed by atoms with Crippen LogP contribution in [0, 0.1) is 11.8 Å². The lowest BCUT2D eigenvalue weighted by molar-refractivity contribution is -0.130. The van der Waals surface area contributed by atoms with Gasteiger partial charge in [0.2, 0.25) is 17.7 Å². The van der Waals surface area contributed by atoms with Crippen molar-refractivity contribution in [1.82, 2.24) is 15.6 Å². The number of alkyl carbamates (subject to hydrolysis) is 1. The molecule has 4 N–H and O–H groups in total. The lowest BCUT2D eigenvalue weighted by Gasteiger charge is -2.29. The van der Waals surface area contributed by atoms with Crippen molar-refractivity contribution >= 4 is 52.1 Å². The molecule has 0 spiro atoms. The smallest absolute Gasteiger partial charge is 0.407 e. The number of esters is 1. The van der Waals surface area contributed by atoms with Crippen LogP contribution in [0.2, 0.25) is 0 Å². The largest absolute Gasteiger partial charge is 0.455 e. The zero-order chi connectivity index (χ0) is 36.8. The Balaban J connectivity index is 1.46. The van der Waals surface area contributed by atoms with E-state index in [-0.39, 0.29) is 30.1 Å². The van der Waals surface area contributed by atoms with Gasteiger partial charge in [-0.05, 0) is 115 Å². The van der Waals surface area contributed by atoms with Gasteiger partial charge in [-0.2, -0.15) is 0 Å². The first-order valence-electron chi connectivity index (χ1n) is 17.1. The summed E-state index contributed by atoms with van der Waals surface area (Å²) in [5, 5.41) is 9.49. The number of fused-ring (bicyclic) bond motifs is 1. The third-order valence-electron chi connectivity index (χ3n) is 8.50. The van der Waals surface area contributed by atoms with Gasteiger partial charge in [0.1, 0.15) is 22.9 Å². The minimum absolute atomic E-state index is 0.128. The second-order valence-corrected chi connectivity index (χ2v) is 15.1. The molecule has 1 unspecified atom stereocenters. The molecular weight excluding hydrogens is 638 g/mol. The number of aromatic amines is 1. The van der Waals surface area contributed by atoms with Crippen LogP contribution in [0.5, 0.6) is 0 Å². The molecule has 1 heterocycles. The number of rotatable bonds is 10. The molecular formula is C38H51N5O7. The van der Waals surface area contributed by atoms with E-state index in [0.29, 0.717) is 47.4 Å². The van der Waals surface area contributed by atoms with Crippen LogP contribution in [0.4, 0.5) is 16.2 Å². The summed E-state index contributed by atoms with van der Waals surface area (Å²) in [4.78, 5) is 68.7. The van der Waals surface area contributed by atoms with Gasteiger partial charge < -0.3 is 35.3 Å². The van der Waals surface area contributed by atoms with E-state index < -0.39 is 35.2 Å². The van der Waals surface area contributed by atoms with E-state index in [9.17, 15) is 24.0 Å². The van der Waals surface area contributed by atoms with Crippen molar-refractivity contribution < 1.29 is 33.4 Å². The Morgan fingerprint density at radius 2 is 1.58 bits per heavy atom. The van der Waals surface area contributed by atoms with Crippen LogP contribution >= 0.6 is 0 Å². The number of carbonyl (C=O) groups excluding carboxylic acids is 5. The van der Waals surface area contributed by atoms with Crippen molar-refractivity contribution in [1.29, 1.82) is 0 Å². The summed E-state index contributed by atoms with van der Waals surface area (Å²) in [6.07, 6.45) is 2.51. The van der Waals surface area contributed by atoms with Crippen LogP contribution in [0.1, 0.15) is 90.2 Å². The zero-order valence-corrected chi connectivity index (χ0v) is 30.4. The predicted molar refractivity (Wildman–Crippen MR) is 193 cm³/mol. The molecule has 0 bridgehead atoms. The number of nitrogens with zero attached hydrogens (tertiary/aromatic N) is 1. The van der Waals surface area contributed by atoms with E-state index in [2.05, 4.69) is 20.9 Å². The number of aromatic nitrogens is 1. The van der Waals surface area contributed by atoms with E-state index in [1.807, 2.05) is 45.0 Å². The zero-order valence-electron chi connectivity index (χ0n) is 30.4. The van der Waals surface area contributed by atoms with E-state index in [1.165, 1.54) is 11.8 Å². The quantitative estimate of drug-likeness (QED) is 0.187. The molecule has 4 rings (SSSR count). The summed E-state index contributed by atoms with van der Waals surface area (Å²) < 4.78 is 10.8. The van der Waals surface area contributed by atoms with Gasteiger partial charge in [0.25, 0.3) is 0 Å². The molecule has 270 valence electrons. The number of amides is 4. The third-order valence-corrected chi connectivity index (χ3v) is 8.50. The first kappa shape index (κ1) is 37.9. The van der Waals surface area contributed by atoms with E-state index in [1.54, 1.807) is 52.1 Å². The Kier molecular flexibility index (Phi) is 12.0. The Bertz CT molecular complexity index is 1710. The molecule has 50 heavy (non-hydrogen) atoms. The first-order valence-corrected chi connectivity index (χ1v) is 17.1. The number of hydrogen-bond acceptors (Lipinski definition) is 7. The van der Waals surface area contributed by atoms with Crippen molar-refractivity contribution in [2.75, 3.05) is 23.8 Å². The molecule has 1 fully saturated rings. The molecule has 4 amide bonds. The molecule has 12 heteroatoms. The molecule has 0 saturated heterocycles. The van der Waals surface area contributed by atoms with Gasteiger partial charge in [-0.25, -0.2) is 9.59 Å². The highest BCUT2D eigenvalue weighted by molar-refractivity contribution is 6.00. The third kappa shape index (κ3) is 11.1. The lowest BCUT2D eigenvalue weighted by atomic mass is 9.81. The van der Waals surface area contributed by atoms with Crippen molar-refractivity contribution in [3.05, 3.63) is 59.8 Å². The van der Waals surface area contributed by atoms with Gasteiger partial charge in [0.15, 0.2) is 0 Å². The van der Waals surface area contributed by atoms with Crippen LogP contribution < -0.4 is 20.9 Å². The molecule has 1 saturated carbocycles. The summed E-state index contributed by atoms with van der Waals surface area (Å²) in [6, 6.07) is 13.3. The minimum Gasteiger partial charge on any atom is -0.455 e. The average molecular weight is 690 g/mol. The summed E-state index contributed by atoms with van der Waals surface area (Å²) >= 11 is 0. The van der Waals surface area contributed by atoms with Gasteiger partial charge in [0.05, 0.1) is 0 Å². The van der Waals surface area contributed by atoms with Crippen LogP contribution in [-0.2, 0) is 30.3 Å². The summed E-state index contributed by atoms with van der Waals surface area (Å²) in [7, 11) is 1.68. The van der Waals surface area contributed by atoms with Gasteiger partial charge in [0, 0.05) is 55.1 Å². The second-order valence-electron chi connectivity index (χ2n) is 15.1. The van der Waals surface area contributed by atoms with E-state index in [4.69, 9.17) is 9.47 Å². The Morgan fingerprint density at radius 1 is 0.900 bits per heavy atom. The van der Waals surface area contributed by atoms with Crippen molar-refractivity contribution in [2.24, 2.45) is 11.8 Å². The van der Waals surface area contributed by atoms with Gasteiger partial charge >= 0.3 is 12.1 Å². The monoisotopic (exact) mass is 689 g/mol. The predicted octanol–water partition coefficient (Wildman–Crippen LogP) is 6.10. The number of H-pyrrole nitrogens is 1. The normalized spacial score (nSPS) is 17.0. The Morgan fingerprint density at radius 3 is 2.22 bits per heavy atom. The minimum atomic E-state index is -0.911. The molecule has 1 aliphatic carbocycles. The number of hydrogen-bond donors (Lipinski definition) is 4. The molecule has 0 aliphatic heterocycles. The maximum Gasteiger partial charge on any atom is 0.407 e. The van der Waals surface area contributed by atoms with E-state index >= 15 is 0 Å². The van der Waals surface area contributed by atoms with Gasteiger partial charge in [-0.3, -0.25) is 14.4 Å². The fraction of sp³-hybridized carbons (Fsp3) is 0.500. The highest BCUT2D eigenvalue weighted by Crippen LogP contribution is 2.29. The fourth-order valence-electron chi connectivity index (χ4n) is 5.86. The SMILES string of the molecule is CC(=O)N(C)c1cccc(CC(NC(=O)C2CCC(CNC(=O)OC(C)(C)C)CC2)C(=O)Nc2ccc3[nH]c(C(=O)OC(C)(C)C)cc3c2)c1. The fourth-order valence-corrected chi connectivity index (χ4v) is 5.86. The summed E-state index contributed by atoms with van der Waals surface area (Å²) in [6.45, 7) is 12.8. The van der Waals surface area contributed by atoms with Gasteiger partial charge in [-0.15, -0.1) is 0 Å². The van der Waals surface area contributed by atoms with Crippen molar-refractivity contribution in [3.63, 3.8) is 0 Å². The second kappa shape index (κ2) is 15.8. The molecule has 0 radical (unpaired) electrons. The molecule has 3 aromatic rings.